The number of hydrogen-bond acceptors (Lipinski definition) is 3. The number of pyridine rings is 1. The third-order valence-electron chi connectivity index (χ3n) is 3.62. The Bertz CT molecular complexity index is 776. The summed E-state index contributed by atoms with van der Waals surface area (Å²) in [6.45, 7) is 1.43. The topological polar surface area (TPSA) is 34.6 Å². The summed E-state index contributed by atoms with van der Waals surface area (Å²) in [5.41, 5.74) is 3.26. The summed E-state index contributed by atoms with van der Waals surface area (Å²) in [5.74, 6) is 0.871. The Hall–Kier alpha value is -2.39. The third kappa shape index (κ3) is 2.60. The first-order valence-electron chi connectivity index (χ1n) is 7.09. The predicted octanol–water partition coefficient (Wildman–Crippen LogP) is 3.68. The molecule has 1 saturated heterocycles. The van der Waals surface area contributed by atoms with Gasteiger partial charge in [0.15, 0.2) is 0 Å². The first-order chi connectivity index (χ1) is 10.4. The predicted molar refractivity (Wildman–Crippen MR) is 82.4 cm³/mol. The first kappa shape index (κ1) is 12.4. The molecule has 104 valence electrons. The monoisotopic (exact) mass is 277 g/mol. The summed E-state index contributed by atoms with van der Waals surface area (Å²) in [7, 11) is 0. The van der Waals surface area contributed by atoms with E-state index in [4.69, 9.17) is 9.47 Å². The number of para-hydroxylation sites is 1. The van der Waals surface area contributed by atoms with E-state index in [-0.39, 0.29) is 6.10 Å². The van der Waals surface area contributed by atoms with Crippen molar-refractivity contribution in [2.45, 2.75) is 6.10 Å². The number of nitrogens with zero attached hydrogens (tertiary/aromatic N) is 1. The zero-order chi connectivity index (χ0) is 14.1. The molecule has 0 aliphatic carbocycles. The molecule has 1 atom stereocenters. The maximum atomic E-state index is 5.76. The van der Waals surface area contributed by atoms with Crippen LogP contribution >= 0.6 is 0 Å². The van der Waals surface area contributed by atoms with E-state index in [1.54, 1.807) is 0 Å². The van der Waals surface area contributed by atoms with Gasteiger partial charge in [-0.1, -0.05) is 36.4 Å². The molecule has 2 heterocycles. The van der Waals surface area contributed by atoms with Crippen molar-refractivity contribution in [3.05, 3.63) is 60.8 Å². The Labute approximate surface area is 123 Å². The fourth-order valence-electron chi connectivity index (χ4n) is 2.44. The van der Waals surface area contributed by atoms with Crippen molar-refractivity contribution in [1.82, 2.24) is 4.98 Å². The molecule has 1 unspecified atom stereocenters. The minimum Gasteiger partial charge on any atom is -0.491 e. The number of rotatable bonds is 4. The van der Waals surface area contributed by atoms with E-state index in [0.717, 1.165) is 34.4 Å². The Kier molecular flexibility index (Phi) is 3.05. The number of benzene rings is 2. The number of epoxide rings is 1. The van der Waals surface area contributed by atoms with Gasteiger partial charge in [-0.05, 0) is 23.8 Å². The molecule has 4 rings (SSSR count). The van der Waals surface area contributed by atoms with Crippen LogP contribution in [0.25, 0.3) is 22.0 Å². The molecule has 0 N–H and O–H groups in total. The van der Waals surface area contributed by atoms with Crippen LogP contribution in [0, 0.1) is 0 Å². The summed E-state index contributed by atoms with van der Waals surface area (Å²) in [5, 5.41) is 1.15. The standard InChI is InChI=1S/C18H15NO2/c1-5-14(10-15(7-1)20-11-16-12-21-16)17-8-2-4-13-6-3-9-19-18(13)17/h1-10,16H,11-12H2. The molecular weight excluding hydrogens is 262 g/mol. The van der Waals surface area contributed by atoms with Crippen molar-refractivity contribution < 1.29 is 9.47 Å². The summed E-state index contributed by atoms with van der Waals surface area (Å²) in [6, 6.07) is 18.4. The van der Waals surface area contributed by atoms with Gasteiger partial charge < -0.3 is 9.47 Å². The highest BCUT2D eigenvalue weighted by Crippen LogP contribution is 2.29. The van der Waals surface area contributed by atoms with Crippen molar-refractivity contribution in [3.8, 4) is 16.9 Å². The SMILES string of the molecule is c1cc(OCC2CO2)cc(-c2cccc3cccnc23)c1. The lowest BCUT2D eigenvalue weighted by Crippen LogP contribution is -2.03. The Morgan fingerprint density at radius 2 is 1.95 bits per heavy atom. The molecule has 0 amide bonds. The molecule has 1 fully saturated rings. The van der Waals surface area contributed by atoms with Gasteiger partial charge in [-0.15, -0.1) is 0 Å². The molecular formula is C18H15NO2. The average molecular weight is 277 g/mol. The normalized spacial score (nSPS) is 16.9. The van der Waals surface area contributed by atoms with E-state index < -0.39 is 0 Å². The first-order valence-corrected chi connectivity index (χ1v) is 7.09. The van der Waals surface area contributed by atoms with Crippen LogP contribution in [0.1, 0.15) is 0 Å². The van der Waals surface area contributed by atoms with E-state index in [1.807, 2.05) is 24.4 Å². The van der Waals surface area contributed by atoms with E-state index in [2.05, 4.69) is 41.4 Å². The summed E-state index contributed by atoms with van der Waals surface area (Å²) >= 11 is 0. The molecule has 0 saturated carbocycles. The molecule has 0 spiro atoms. The summed E-state index contributed by atoms with van der Waals surface area (Å²) in [4.78, 5) is 4.51. The Morgan fingerprint density at radius 3 is 2.86 bits per heavy atom. The summed E-state index contributed by atoms with van der Waals surface area (Å²) in [6.07, 6.45) is 2.10. The second-order valence-electron chi connectivity index (χ2n) is 5.17. The molecule has 0 radical (unpaired) electrons. The van der Waals surface area contributed by atoms with Gasteiger partial charge in [-0.2, -0.15) is 0 Å². The highest BCUT2D eigenvalue weighted by atomic mass is 16.6. The second-order valence-corrected chi connectivity index (χ2v) is 5.17. The van der Waals surface area contributed by atoms with Crippen LogP contribution in [-0.2, 0) is 4.74 Å². The fraction of sp³-hybridized carbons (Fsp3) is 0.167. The highest BCUT2D eigenvalue weighted by molar-refractivity contribution is 5.93. The van der Waals surface area contributed by atoms with E-state index in [0.29, 0.717) is 6.61 Å². The van der Waals surface area contributed by atoms with Gasteiger partial charge >= 0.3 is 0 Å². The fourth-order valence-corrected chi connectivity index (χ4v) is 2.44. The summed E-state index contributed by atoms with van der Waals surface area (Å²) < 4.78 is 10.9. The number of hydrogen-bond donors (Lipinski definition) is 0. The van der Waals surface area contributed by atoms with Gasteiger partial charge in [-0.3, -0.25) is 4.98 Å². The van der Waals surface area contributed by atoms with Crippen LogP contribution in [-0.4, -0.2) is 24.3 Å². The van der Waals surface area contributed by atoms with Crippen LogP contribution in [0.2, 0.25) is 0 Å². The number of fused-ring (bicyclic) bond motifs is 1. The lowest BCUT2D eigenvalue weighted by atomic mass is 10.0. The van der Waals surface area contributed by atoms with Crippen molar-refractivity contribution in [2.75, 3.05) is 13.2 Å². The van der Waals surface area contributed by atoms with E-state index >= 15 is 0 Å². The van der Waals surface area contributed by atoms with Crippen LogP contribution in [0.3, 0.4) is 0 Å². The van der Waals surface area contributed by atoms with Gasteiger partial charge in [0, 0.05) is 17.1 Å². The average Bonchev–Trinajstić information content (AvgIpc) is 3.37. The molecule has 1 aliphatic rings. The van der Waals surface area contributed by atoms with Crippen molar-refractivity contribution in [1.29, 1.82) is 0 Å². The molecule has 3 nitrogen and oxygen atoms in total. The van der Waals surface area contributed by atoms with Gasteiger partial charge in [0.1, 0.15) is 18.5 Å². The van der Waals surface area contributed by atoms with Gasteiger partial charge in [0.25, 0.3) is 0 Å². The minimum absolute atomic E-state index is 0.271. The molecule has 3 heteroatoms. The zero-order valence-electron chi connectivity index (χ0n) is 11.5. The molecule has 3 aromatic rings. The molecule has 0 bridgehead atoms. The van der Waals surface area contributed by atoms with Crippen LogP contribution in [0.15, 0.2) is 60.8 Å². The maximum Gasteiger partial charge on any atom is 0.120 e. The molecule has 1 aromatic heterocycles. The maximum absolute atomic E-state index is 5.76. The van der Waals surface area contributed by atoms with E-state index in [1.165, 1.54) is 0 Å². The second kappa shape index (κ2) is 5.19. The zero-order valence-corrected chi connectivity index (χ0v) is 11.5. The lowest BCUT2D eigenvalue weighted by Gasteiger charge is -2.09. The van der Waals surface area contributed by atoms with E-state index in [9.17, 15) is 0 Å². The van der Waals surface area contributed by atoms with Crippen molar-refractivity contribution in [3.63, 3.8) is 0 Å². The minimum atomic E-state index is 0.271. The van der Waals surface area contributed by atoms with Crippen molar-refractivity contribution in [2.24, 2.45) is 0 Å². The van der Waals surface area contributed by atoms with Gasteiger partial charge in [0.05, 0.1) is 12.1 Å². The Morgan fingerprint density at radius 1 is 1.10 bits per heavy atom. The van der Waals surface area contributed by atoms with Crippen LogP contribution in [0.4, 0.5) is 0 Å². The lowest BCUT2D eigenvalue weighted by molar-refractivity contribution is 0.263. The number of aromatic nitrogens is 1. The van der Waals surface area contributed by atoms with Crippen molar-refractivity contribution >= 4 is 10.9 Å². The largest absolute Gasteiger partial charge is 0.491 e. The Balaban J connectivity index is 1.72. The van der Waals surface area contributed by atoms with Gasteiger partial charge in [-0.25, -0.2) is 0 Å². The van der Waals surface area contributed by atoms with Gasteiger partial charge in [0.2, 0.25) is 0 Å². The van der Waals surface area contributed by atoms with Crippen LogP contribution in [0.5, 0.6) is 5.75 Å². The van der Waals surface area contributed by atoms with Crippen LogP contribution < -0.4 is 4.74 Å². The smallest absolute Gasteiger partial charge is 0.120 e. The quantitative estimate of drug-likeness (QED) is 0.682. The molecule has 2 aromatic carbocycles. The molecule has 21 heavy (non-hydrogen) atoms. The highest BCUT2D eigenvalue weighted by Gasteiger charge is 2.23. The number of ether oxygens (including phenoxy) is 2. The third-order valence-corrected chi connectivity index (χ3v) is 3.62. The molecule has 1 aliphatic heterocycles.